The molecule has 106 valence electrons. The molecule has 0 bridgehead atoms. The molecule has 0 aromatic carbocycles. The number of carbonyl (C=O) groups is 2. The summed E-state index contributed by atoms with van der Waals surface area (Å²) in [5, 5.41) is 2.87. The van der Waals surface area contributed by atoms with Crippen LogP contribution in [0.4, 0.5) is 0 Å². The Hall–Kier alpha value is -1.58. The Labute approximate surface area is 115 Å². The molecule has 0 fully saturated rings. The van der Waals surface area contributed by atoms with E-state index in [0.29, 0.717) is 11.3 Å². The molecule has 0 aliphatic carbocycles. The van der Waals surface area contributed by atoms with Crippen LogP contribution < -0.4 is 5.32 Å². The number of ketones is 1. The summed E-state index contributed by atoms with van der Waals surface area (Å²) >= 11 is 0. The molecule has 0 aliphatic rings. The summed E-state index contributed by atoms with van der Waals surface area (Å²) < 4.78 is 0. The lowest BCUT2D eigenvalue weighted by Crippen LogP contribution is -2.32. The topological polar surface area (TPSA) is 62.0 Å². The average molecular weight is 264 g/mol. The van der Waals surface area contributed by atoms with Crippen molar-refractivity contribution < 1.29 is 9.59 Å². The molecule has 0 spiro atoms. The Balaban J connectivity index is 2.76. The van der Waals surface area contributed by atoms with Gasteiger partial charge >= 0.3 is 0 Å². The zero-order chi connectivity index (χ0) is 14.4. The smallest absolute Gasteiger partial charge is 0.267 e. The molecular formula is C15H24N2O2. The van der Waals surface area contributed by atoms with E-state index < -0.39 is 0 Å². The van der Waals surface area contributed by atoms with Gasteiger partial charge in [0.1, 0.15) is 5.69 Å². The predicted molar refractivity (Wildman–Crippen MR) is 76.4 cm³/mol. The monoisotopic (exact) mass is 264 g/mol. The number of aromatic nitrogens is 1. The first-order valence-corrected chi connectivity index (χ1v) is 7.06. The second-order valence-electron chi connectivity index (χ2n) is 4.96. The highest BCUT2D eigenvalue weighted by molar-refractivity contribution is 6.01. The van der Waals surface area contributed by atoms with E-state index in [1.54, 1.807) is 12.3 Å². The molecule has 4 nitrogen and oxygen atoms in total. The van der Waals surface area contributed by atoms with Crippen LogP contribution in [-0.4, -0.2) is 22.7 Å². The van der Waals surface area contributed by atoms with Crippen molar-refractivity contribution >= 4 is 11.7 Å². The fourth-order valence-electron chi connectivity index (χ4n) is 1.97. The van der Waals surface area contributed by atoms with Crippen molar-refractivity contribution in [1.82, 2.24) is 10.3 Å². The van der Waals surface area contributed by atoms with Gasteiger partial charge in [0, 0.05) is 23.7 Å². The number of Topliss-reactive ketones (excluding diaryl/α,β-unsaturated/α-hetero) is 1. The van der Waals surface area contributed by atoms with Crippen LogP contribution in [0.2, 0.25) is 0 Å². The summed E-state index contributed by atoms with van der Waals surface area (Å²) in [5.41, 5.74) is 1.05. The summed E-state index contributed by atoms with van der Waals surface area (Å²) in [7, 11) is 0. The van der Waals surface area contributed by atoms with Crippen LogP contribution in [0.3, 0.4) is 0 Å². The van der Waals surface area contributed by atoms with Gasteiger partial charge in [0.15, 0.2) is 5.78 Å². The zero-order valence-electron chi connectivity index (χ0n) is 12.2. The van der Waals surface area contributed by atoms with Gasteiger partial charge in [-0.25, -0.2) is 0 Å². The van der Waals surface area contributed by atoms with Gasteiger partial charge in [0.25, 0.3) is 5.91 Å². The van der Waals surface area contributed by atoms with Crippen molar-refractivity contribution in [2.24, 2.45) is 5.92 Å². The SMILES string of the molecule is CCC(C)NC(=O)c1cc(C(=O)C(CC)CC)c[nH]1. The van der Waals surface area contributed by atoms with E-state index in [2.05, 4.69) is 10.3 Å². The van der Waals surface area contributed by atoms with Crippen molar-refractivity contribution in [2.45, 2.75) is 53.0 Å². The minimum absolute atomic E-state index is 0.0428. The third kappa shape index (κ3) is 3.94. The number of H-pyrrole nitrogens is 1. The molecule has 1 rings (SSSR count). The largest absolute Gasteiger partial charge is 0.356 e. The standard InChI is InChI=1S/C15H24N2O2/c1-5-10(4)17-15(19)13-8-12(9-16-13)14(18)11(6-2)7-3/h8-11,16H,5-7H2,1-4H3,(H,17,19). The van der Waals surface area contributed by atoms with E-state index in [-0.39, 0.29) is 23.7 Å². The molecule has 1 atom stereocenters. The molecule has 0 saturated heterocycles. The normalized spacial score (nSPS) is 12.5. The Kier molecular flexibility index (Phi) is 5.80. The van der Waals surface area contributed by atoms with E-state index in [1.165, 1.54) is 0 Å². The van der Waals surface area contributed by atoms with Crippen molar-refractivity contribution in [3.63, 3.8) is 0 Å². The maximum absolute atomic E-state index is 12.2. The highest BCUT2D eigenvalue weighted by Gasteiger charge is 2.19. The summed E-state index contributed by atoms with van der Waals surface area (Å²) in [6.45, 7) is 7.99. The van der Waals surface area contributed by atoms with Gasteiger partial charge < -0.3 is 10.3 Å². The summed E-state index contributed by atoms with van der Waals surface area (Å²) in [6.07, 6.45) is 4.17. The molecule has 1 amide bonds. The fourth-order valence-corrected chi connectivity index (χ4v) is 1.97. The first kappa shape index (κ1) is 15.5. The highest BCUT2D eigenvalue weighted by Crippen LogP contribution is 2.16. The third-order valence-electron chi connectivity index (χ3n) is 3.56. The number of carbonyl (C=O) groups excluding carboxylic acids is 2. The van der Waals surface area contributed by atoms with Gasteiger partial charge in [0.05, 0.1) is 0 Å². The van der Waals surface area contributed by atoms with Gasteiger partial charge in [-0.15, -0.1) is 0 Å². The molecule has 1 aromatic heterocycles. The minimum Gasteiger partial charge on any atom is -0.356 e. The maximum Gasteiger partial charge on any atom is 0.267 e. The number of hydrogen-bond acceptors (Lipinski definition) is 2. The molecule has 1 aromatic rings. The molecule has 0 radical (unpaired) electrons. The molecule has 2 N–H and O–H groups in total. The zero-order valence-corrected chi connectivity index (χ0v) is 12.2. The first-order chi connectivity index (χ1) is 9.03. The Morgan fingerprint density at radius 3 is 2.37 bits per heavy atom. The first-order valence-electron chi connectivity index (χ1n) is 7.06. The Morgan fingerprint density at radius 2 is 1.84 bits per heavy atom. The number of aromatic amines is 1. The third-order valence-corrected chi connectivity index (χ3v) is 3.56. The molecule has 1 unspecified atom stereocenters. The molecule has 19 heavy (non-hydrogen) atoms. The van der Waals surface area contributed by atoms with E-state index in [4.69, 9.17) is 0 Å². The molecule has 4 heteroatoms. The number of amides is 1. The van der Waals surface area contributed by atoms with Crippen LogP contribution in [0.1, 0.15) is 67.8 Å². The highest BCUT2D eigenvalue weighted by atomic mass is 16.2. The number of nitrogens with one attached hydrogen (secondary N) is 2. The van der Waals surface area contributed by atoms with Crippen molar-refractivity contribution in [2.75, 3.05) is 0 Å². The fraction of sp³-hybridized carbons (Fsp3) is 0.600. The van der Waals surface area contributed by atoms with E-state index in [0.717, 1.165) is 19.3 Å². The number of rotatable bonds is 7. The lowest BCUT2D eigenvalue weighted by Gasteiger charge is -2.10. The molecule has 1 heterocycles. The van der Waals surface area contributed by atoms with Crippen LogP contribution in [0.15, 0.2) is 12.3 Å². The predicted octanol–water partition coefficient (Wildman–Crippen LogP) is 3.16. The van der Waals surface area contributed by atoms with Crippen molar-refractivity contribution in [1.29, 1.82) is 0 Å². The van der Waals surface area contributed by atoms with Crippen LogP contribution in [0, 0.1) is 5.92 Å². The minimum atomic E-state index is -0.155. The summed E-state index contributed by atoms with van der Waals surface area (Å²) in [6, 6.07) is 1.78. The Bertz CT molecular complexity index is 433. The van der Waals surface area contributed by atoms with Gasteiger partial charge in [-0.05, 0) is 32.3 Å². The van der Waals surface area contributed by atoms with Crippen molar-refractivity contribution in [3.8, 4) is 0 Å². The van der Waals surface area contributed by atoms with Gasteiger partial charge in [-0.1, -0.05) is 20.8 Å². The van der Waals surface area contributed by atoms with Gasteiger partial charge in [0.2, 0.25) is 0 Å². The van der Waals surface area contributed by atoms with E-state index >= 15 is 0 Å². The molecular weight excluding hydrogens is 240 g/mol. The van der Waals surface area contributed by atoms with Crippen molar-refractivity contribution in [3.05, 3.63) is 23.5 Å². The van der Waals surface area contributed by atoms with Crippen LogP contribution in [0.5, 0.6) is 0 Å². The van der Waals surface area contributed by atoms with Gasteiger partial charge in [-0.3, -0.25) is 9.59 Å². The second kappa shape index (κ2) is 7.12. The second-order valence-corrected chi connectivity index (χ2v) is 4.96. The summed E-state index contributed by atoms with van der Waals surface area (Å²) in [4.78, 5) is 27.0. The van der Waals surface area contributed by atoms with E-state index in [9.17, 15) is 9.59 Å². The van der Waals surface area contributed by atoms with Crippen LogP contribution in [-0.2, 0) is 0 Å². The Morgan fingerprint density at radius 1 is 1.21 bits per heavy atom. The van der Waals surface area contributed by atoms with Crippen LogP contribution >= 0.6 is 0 Å². The maximum atomic E-state index is 12.2. The number of hydrogen-bond donors (Lipinski definition) is 2. The lowest BCUT2D eigenvalue weighted by atomic mass is 9.94. The van der Waals surface area contributed by atoms with Crippen LogP contribution in [0.25, 0.3) is 0 Å². The average Bonchev–Trinajstić information content (AvgIpc) is 2.89. The molecule has 0 aliphatic heterocycles. The van der Waals surface area contributed by atoms with Gasteiger partial charge in [-0.2, -0.15) is 0 Å². The van der Waals surface area contributed by atoms with E-state index in [1.807, 2.05) is 27.7 Å². The lowest BCUT2D eigenvalue weighted by molar-refractivity contribution is 0.0913. The quantitative estimate of drug-likeness (QED) is 0.743. The summed E-state index contributed by atoms with van der Waals surface area (Å²) in [5.74, 6) is 0.00284. The molecule has 0 saturated carbocycles.